The van der Waals surface area contributed by atoms with Crippen LogP contribution in [0.1, 0.15) is 11.1 Å². The van der Waals surface area contributed by atoms with E-state index in [0.717, 1.165) is 11.3 Å². The number of aromatic nitrogens is 3. The lowest BCUT2D eigenvalue weighted by Crippen LogP contribution is -2.01. The minimum atomic E-state index is -0.573. The number of nitrogens with zero attached hydrogens (tertiary/aromatic N) is 3. The average molecular weight is 427 g/mol. The zero-order valence-electron chi connectivity index (χ0n) is 15.9. The molecule has 0 aliphatic carbocycles. The first-order valence-electron chi connectivity index (χ1n) is 9.11. The Morgan fingerprint density at radius 1 is 1.10 bits per heavy atom. The molecular weight excluding hydrogens is 410 g/mol. The zero-order valence-corrected chi connectivity index (χ0v) is 16.7. The molecule has 2 aromatic heterocycles. The van der Waals surface area contributed by atoms with E-state index in [1.807, 2.05) is 6.07 Å². The fourth-order valence-corrected chi connectivity index (χ4v) is 3.03. The van der Waals surface area contributed by atoms with E-state index in [1.54, 1.807) is 54.3 Å². The van der Waals surface area contributed by atoms with Gasteiger partial charge in [-0.15, -0.1) is 0 Å². The smallest absolute Gasteiger partial charge is 0.214 e. The van der Waals surface area contributed by atoms with Crippen molar-refractivity contribution in [2.45, 2.75) is 13.5 Å². The summed E-state index contributed by atoms with van der Waals surface area (Å²) in [6, 6.07) is 12.9. The molecule has 2 aromatic carbocycles. The molecule has 2 heterocycles. The lowest BCUT2D eigenvalue weighted by atomic mass is 10.2. The Kier molecular flexibility index (Phi) is 5.63. The van der Waals surface area contributed by atoms with Crippen LogP contribution in [-0.2, 0) is 6.54 Å². The van der Waals surface area contributed by atoms with Gasteiger partial charge in [-0.25, -0.2) is 14.1 Å². The first kappa shape index (κ1) is 19.8. The number of rotatable bonds is 6. The van der Waals surface area contributed by atoms with Crippen molar-refractivity contribution in [3.8, 4) is 17.2 Å². The molecule has 5 nitrogen and oxygen atoms in total. The highest BCUT2D eigenvalue weighted by atomic mass is 35.5. The minimum absolute atomic E-state index is 0.290. The Bertz CT molecular complexity index is 1200. The largest absolute Gasteiger partial charge is 0.457 e. The first-order valence-corrected chi connectivity index (χ1v) is 9.48. The van der Waals surface area contributed by atoms with Gasteiger partial charge in [0.15, 0.2) is 0 Å². The Labute approximate surface area is 176 Å². The fraction of sp³-hybridized carbons (Fsp3) is 0.0909. The molecule has 0 radical (unpaired) electrons. The third kappa shape index (κ3) is 4.58. The van der Waals surface area contributed by atoms with Gasteiger partial charge in [0, 0.05) is 29.4 Å². The molecule has 0 spiro atoms. The lowest BCUT2D eigenvalue weighted by Gasteiger charge is -2.13. The summed E-state index contributed by atoms with van der Waals surface area (Å²) in [4.78, 5) is 3.54. The summed E-state index contributed by atoms with van der Waals surface area (Å²) in [5.41, 5.74) is 2.65. The number of nitrogens with one attached hydrogen (secondary N) is 1. The maximum atomic E-state index is 13.5. The van der Waals surface area contributed by atoms with E-state index in [-0.39, 0.29) is 5.82 Å². The van der Waals surface area contributed by atoms with Crippen molar-refractivity contribution in [2.24, 2.45) is 0 Å². The number of halogens is 3. The summed E-state index contributed by atoms with van der Waals surface area (Å²) in [6.45, 7) is 2.11. The summed E-state index contributed by atoms with van der Waals surface area (Å²) in [7, 11) is 0. The van der Waals surface area contributed by atoms with Crippen LogP contribution in [0.2, 0.25) is 5.02 Å². The molecular formula is C22H17ClF2N4O. The number of hydrogen-bond donors (Lipinski definition) is 1. The molecule has 0 aliphatic heterocycles. The van der Waals surface area contributed by atoms with Gasteiger partial charge in [0.05, 0.1) is 23.8 Å². The first-order chi connectivity index (χ1) is 14.5. The van der Waals surface area contributed by atoms with Gasteiger partial charge in [-0.2, -0.15) is 9.49 Å². The topological polar surface area (TPSA) is 52.0 Å². The Hall–Kier alpha value is -3.45. The zero-order chi connectivity index (χ0) is 21.1. The van der Waals surface area contributed by atoms with Gasteiger partial charge < -0.3 is 10.1 Å². The molecule has 0 aliphatic rings. The molecule has 8 heteroatoms. The van der Waals surface area contributed by atoms with Crippen molar-refractivity contribution < 1.29 is 13.5 Å². The van der Waals surface area contributed by atoms with Crippen molar-refractivity contribution in [3.05, 3.63) is 95.0 Å². The molecule has 1 N–H and O–H groups in total. The van der Waals surface area contributed by atoms with Crippen LogP contribution in [0.15, 0.2) is 67.1 Å². The monoisotopic (exact) mass is 426 g/mol. The van der Waals surface area contributed by atoms with Gasteiger partial charge in [-0.3, -0.25) is 0 Å². The van der Waals surface area contributed by atoms with Gasteiger partial charge in [0.1, 0.15) is 17.3 Å². The molecule has 0 fully saturated rings. The van der Waals surface area contributed by atoms with E-state index >= 15 is 0 Å². The third-order valence-electron chi connectivity index (χ3n) is 4.43. The van der Waals surface area contributed by atoms with Gasteiger partial charge in [0.25, 0.3) is 0 Å². The van der Waals surface area contributed by atoms with Crippen LogP contribution in [0, 0.1) is 18.7 Å². The van der Waals surface area contributed by atoms with E-state index < -0.39 is 5.95 Å². The molecule has 0 saturated heterocycles. The highest BCUT2D eigenvalue weighted by Gasteiger charge is 2.09. The summed E-state index contributed by atoms with van der Waals surface area (Å²) in [5.74, 6) is 0.215. The molecule has 0 saturated carbocycles. The van der Waals surface area contributed by atoms with Gasteiger partial charge in [-0.1, -0.05) is 17.7 Å². The molecule has 4 aromatic rings. The second kappa shape index (κ2) is 8.51. The predicted octanol–water partition coefficient (Wildman–Crippen LogP) is 5.91. The number of benzene rings is 2. The second-order valence-electron chi connectivity index (χ2n) is 6.63. The van der Waals surface area contributed by atoms with Crippen LogP contribution in [-0.4, -0.2) is 14.8 Å². The number of hydrogen-bond acceptors (Lipinski definition) is 4. The van der Waals surface area contributed by atoms with E-state index in [4.69, 9.17) is 16.3 Å². The van der Waals surface area contributed by atoms with Crippen molar-refractivity contribution in [1.82, 2.24) is 14.8 Å². The predicted molar refractivity (Wildman–Crippen MR) is 111 cm³/mol. The Balaban J connectivity index is 1.50. The Morgan fingerprint density at radius 3 is 2.77 bits per heavy atom. The van der Waals surface area contributed by atoms with Crippen LogP contribution in [0.5, 0.6) is 11.5 Å². The van der Waals surface area contributed by atoms with Gasteiger partial charge >= 0.3 is 0 Å². The van der Waals surface area contributed by atoms with Crippen LogP contribution in [0.3, 0.4) is 0 Å². The molecule has 152 valence electrons. The highest BCUT2D eigenvalue weighted by molar-refractivity contribution is 6.30. The third-order valence-corrected chi connectivity index (χ3v) is 4.66. The van der Waals surface area contributed by atoms with Crippen molar-refractivity contribution >= 4 is 17.3 Å². The second-order valence-corrected chi connectivity index (χ2v) is 7.07. The molecule has 4 rings (SSSR count). The van der Waals surface area contributed by atoms with Crippen LogP contribution in [0.4, 0.5) is 14.5 Å². The number of aryl methyl sites for hydroxylation is 1. The summed E-state index contributed by atoms with van der Waals surface area (Å²) in [5, 5.41) is 8.02. The number of ether oxygens (including phenoxy) is 1. The van der Waals surface area contributed by atoms with Crippen LogP contribution >= 0.6 is 11.6 Å². The van der Waals surface area contributed by atoms with E-state index in [2.05, 4.69) is 15.4 Å². The fourth-order valence-electron chi connectivity index (χ4n) is 2.86. The maximum Gasteiger partial charge on any atom is 0.214 e. The highest BCUT2D eigenvalue weighted by Crippen LogP contribution is 2.30. The average Bonchev–Trinajstić information content (AvgIpc) is 3.19. The van der Waals surface area contributed by atoms with Crippen molar-refractivity contribution in [1.29, 1.82) is 0 Å². The van der Waals surface area contributed by atoms with Gasteiger partial charge in [0.2, 0.25) is 5.95 Å². The van der Waals surface area contributed by atoms with E-state index in [0.29, 0.717) is 34.3 Å². The van der Waals surface area contributed by atoms with Gasteiger partial charge in [-0.05, 0) is 48.9 Å². The standard InChI is InChI=1S/C22H17ClF2N4O/c1-14-8-19(4-5-20(14)24)30-21-9-16(23)3-2-15(21)11-27-17-12-28-29(13-17)18-6-7-26-22(25)10-18/h2-10,12-13,27H,11H2,1H3. The normalized spacial score (nSPS) is 10.8. The maximum absolute atomic E-state index is 13.5. The quantitative estimate of drug-likeness (QED) is 0.389. The van der Waals surface area contributed by atoms with E-state index in [1.165, 1.54) is 18.3 Å². The Morgan fingerprint density at radius 2 is 1.97 bits per heavy atom. The number of pyridine rings is 1. The lowest BCUT2D eigenvalue weighted by molar-refractivity contribution is 0.474. The summed E-state index contributed by atoms with van der Waals surface area (Å²) >= 11 is 6.13. The molecule has 0 atom stereocenters. The summed E-state index contributed by atoms with van der Waals surface area (Å²) in [6.07, 6.45) is 4.76. The molecule has 0 unspecified atom stereocenters. The SMILES string of the molecule is Cc1cc(Oc2cc(Cl)ccc2CNc2cnn(-c3ccnc(F)c3)c2)ccc1F. The minimum Gasteiger partial charge on any atom is -0.457 e. The van der Waals surface area contributed by atoms with E-state index in [9.17, 15) is 8.78 Å². The van der Waals surface area contributed by atoms with Crippen molar-refractivity contribution in [2.75, 3.05) is 5.32 Å². The molecule has 30 heavy (non-hydrogen) atoms. The van der Waals surface area contributed by atoms with Crippen molar-refractivity contribution in [3.63, 3.8) is 0 Å². The molecule has 0 amide bonds. The van der Waals surface area contributed by atoms with Crippen LogP contribution < -0.4 is 10.1 Å². The summed E-state index contributed by atoms with van der Waals surface area (Å²) < 4.78 is 34.3. The number of anilines is 1. The molecule has 0 bridgehead atoms. The van der Waals surface area contributed by atoms with Crippen LogP contribution in [0.25, 0.3) is 5.69 Å².